The van der Waals surface area contributed by atoms with E-state index in [9.17, 15) is 4.79 Å². The Labute approximate surface area is 200 Å². The molecule has 4 rings (SSSR count). The highest BCUT2D eigenvalue weighted by molar-refractivity contribution is 5.77. The summed E-state index contributed by atoms with van der Waals surface area (Å²) in [6.45, 7) is 1.47. The fraction of sp³-hybridized carbons (Fsp3) is 0.286. The first-order valence-electron chi connectivity index (χ1n) is 11.7. The van der Waals surface area contributed by atoms with Gasteiger partial charge in [0.25, 0.3) is 5.91 Å². The van der Waals surface area contributed by atoms with Crippen LogP contribution in [0.15, 0.2) is 78.9 Å². The van der Waals surface area contributed by atoms with Gasteiger partial charge in [0.05, 0.1) is 18.1 Å². The highest BCUT2D eigenvalue weighted by Gasteiger charge is 2.11. The minimum Gasteiger partial charge on any atom is -0.497 e. The number of methoxy groups -OCH3 is 1. The van der Waals surface area contributed by atoms with Crippen LogP contribution in [0.4, 0.5) is 0 Å². The first-order valence-corrected chi connectivity index (χ1v) is 11.7. The Kier molecular flexibility index (Phi) is 8.17. The van der Waals surface area contributed by atoms with Crippen LogP contribution in [-0.4, -0.2) is 35.7 Å². The van der Waals surface area contributed by atoms with Gasteiger partial charge < -0.3 is 19.4 Å². The van der Waals surface area contributed by atoms with E-state index in [2.05, 4.69) is 40.2 Å². The number of unbranched alkanes of at least 4 members (excludes halogenated alkanes) is 2. The Morgan fingerprint density at radius 3 is 2.44 bits per heavy atom. The summed E-state index contributed by atoms with van der Waals surface area (Å²) in [7, 11) is 1.68. The number of aromatic nitrogens is 2. The maximum Gasteiger partial charge on any atom is 0.257 e. The van der Waals surface area contributed by atoms with Crippen molar-refractivity contribution in [3.8, 4) is 11.5 Å². The van der Waals surface area contributed by atoms with Crippen LogP contribution in [0.1, 0.15) is 30.7 Å². The van der Waals surface area contributed by atoms with E-state index in [4.69, 9.17) is 14.5 Å². The van der Waals surface area contributed by atoms with Crippen molar-refractivity contribution in [1.29, 1.82) is 0 Å². The molecule has 0 spiro atoms. The van der Waals surface area contributed by atoms with Gasteiger partial charge in [-0.3, -0.25) is 4.79 Å². The lowest BCUT2D eigenvalue weighted by molar-refractivity contribution is -0.123. The molecule has 6 nitrogen and oxygen atoms in total. The Balaban J connectivity index is 1.25. The summed E-state index contributed by atoms with van der Waals surface area (Å²) < 4.78 is 13.1. The number of benzene rings is 3. The molecule has 0 bridgehead atoms. The zero-order valence-corrected chi connectivity index (χ0v) is 19.6. The number of carbonyl (C=O) groups is 1. The lowest BCUT2D eigenvalue weighted by Gasteiger charge is -2.11. The molecular weight excluding hydrogens is 426 g/mol. The first kappa shape index (κ1) is 23.4. The van der Waals surface area contributed by atoms with Gasteiger partial charge in [0.15, 0.2) is 6.61 Å². The fourth-order valence-corrected chi connectivity index (χ4v) is 3.94. The molecule has 0 radical (unpaired) electrons. The summed E-state index contributed by atoms with van der Waals surface area (Å²) in [5.41, 5.74) is 3.39. The van der Waals surface area contributed by atoms with Gasteiger partial charge in [-0.05, 0) is 54.8 Å². The number of rotatable bonds is 12. The number of nitrogens with one attached hydrogen (secondary N) is 1. The molecule has 0 saturated heterocycles. The average Bonchev–Trinajstić information content (AvgIpc) is 3.23. The maximum atomic E-state index is 12.0. The molecule has 34 heavy (non-hydrogen) atoms. The molecule has 0 saturated carbocycles. The Morgan fingerprint density at radius 2 is 1.65 bits per heavy atom. The van der Waals surface area contributed by atoms with Gasteiger partial charge in [-0.1, -0.05) is 48.9 Å². The average molecular weight is 458 g/mol. The number of imidazole rings is 1. The van der Waals surface area contributed by atoms with Crippen molar-refractivity contribution in [2.75, 3.05) is 20.3 Å². The number of amides is 1. The summed E-state index contributed by atoms with van der Waals surface area (Å²) in [6, 6.07) is 25.8. The van der Waals surface area contributed by atoms with Gasteiger partial charge in [-0.25, -0.2) is 4.98 Å². The third-order valence-corrected chi connectivity index (χ3v) is 5.75. The number of aryl methyl sites for hydroxylation is 1. The van der Waals surface area contributed by atoms with Gasteiger partial charge in [-0.2, -0.15) is 0 Å². The van der Waals surface area contributed by atoms with Crippen molar-refractivity contribution >= 4 is 16.9 Å². The molecule has 0 unspecified atom stereocenters. The van der Waals surface area contributed by atoms with Crippen LogP contribution >= 0.6 is 0 Å². The quantitative estimate of drug-likeness (QED) is 0.304. The van der Waals surface area contributed by atoms with Gasteiger partial charge in [0.1, 0.15) is 17.3 Å². The number of ether oxygens (including phenoxy) is 2. The van der Waals surface area contributed by atoms with E-state index >= 15 is 0 Å². The zero-order valence-electron chi connectivity index (χ0n) is 19.6. The Bertz CT molecular complexity index is 1190. The van der Waals surface area contributed by atoms with Crippen molar-refractivity contribution in [3.05, 3.63) is 90.3 Å². The van der Waals surface area contributed by atoms with Gasteiger partial charge in [-0.15, -0.1) is 0 Å². The summed E-state index contributed by atoms with van der Waals surface area (Å²) in [4.78, 5) is 16.9. The van der Waals surface area contributed by atoms with Crippen LogP contribution in [0.5, 0.6) is 11.5 Å². The van der Waals surface area contributed by atoms with E-state index in [-0.39, 0.29) is 12.5 Å². The second kappa shape index (κ2) is 11.9. The molecule has 176 valence electrons. The molecular formula is C28H31N3O3. The van der Waals surface area contributed by atoms with E-state index in [1.54, 1.807) is 7.11 Å². The van der Waals surface area contributed by atoms with Crippen molar-refractivity contribution in [3.63, 3.8) is 0 Å². The van der Waals surface area contributed by atoms with Crippen LogP contribution in [0.2, 0.25) is 0 Å². The topological polar surface area (TPSA) is 65.4 Å². The normalized spacial score (nSPS) is 10.9. The predicted octanol–water partition coefficient (Wildman–Crippen LogP) is 5.00. The van der Waals surface area contributed by atoms with Crippen LogP contribution in [0, 0.1) is 0 Å². The highest BCUT2D eigenvalue weighted by atomic mass is 16.5. The first-order chi connectivity index (χ1) is 16.7. The number of fused-ring (bicyclic) bond motifs is 1. The molecule has 0 fully saturated rings. The van der Waals surface area contributed by atoms with Crippen molar-refractivity contribution in [2.24, 2.45) is 0 Å². The molecule has 1 aromatic heterocycles. The van der Waals surface area contributed by atoms with E-state index in [1.165, 1.54) is 5.56 Å². The van der Waals surface area contributed by atoms with Crippen LogP contribution in [0.3, 0.4) is 0 Å². The minimum absolute atomic E-state index is 0.0411. The second-order valence-electron chi connectivity index (χ2n) is 8.21. The number of nitrogens with zero attached hydrogens (tertiary/aromatic N) is 2. The Hall–Kier alpha value is -3.80. The Morgan fingerprint density at radius 1 is 0.882 bits per heavy atom. The molecule has 3 aromatic carbocycles. The molecule has 0 aliphatic carbocycles. The second-order valence-corrected chi connectivity index (χ2v) is 8.21. The molecule has 1 heterocycles. The number of hydrogen-bond donors (Lipinski definition) is 1. The molecule has 0 atom stereocenters. The molecule has 0 aliphatic rings. The monoisotopic (exact) mass is 457 g/mol. The van der Waals surface area contributed by atoms with Gasteiger partial charge >= 0.3 is 0 Å². The SMILES string of the molecule is COc1ccc(Cn2c(CCCCCNC(=O)COc3ccccc3)nc3ccccc32)cc1. The zero-order chi connectivity index (χ0) is 23.6. The number of carbonyl (C=O) groups excluding carboxylic acids is 1. The molecule has 1 amide bonds. The van der Waals surface area contributed by atoms with Gasteiger partial charge in [0.2, 0.25) is 0 Å². The summed E-state index contributed by atoms with van der Waals surface area (Å²) >= 11 is 0. The molecule has 1 N–H and O–H groups in total. The highest BCUT2D eigenvalue weighted by Crippen LogP contribution is 2.21. The van der Waals surface area contributed by atoms with Crippen LogP contribution in [-0.2, 0) is 17.8 Å². The molecule has 4 aromatic rings. The maximum absolute atomic E-state index is 12.0. The van der Waals surface area contributed by atoms with Crippen LogP contribution in [0.25, 0.3) is 11.0 Å². The summed E-state index contributed by atoms with van der Waals surface area (Å²) in [5, 5.41) is 2.93. The van der Waals surface area contributed by atoms with E-state index in [1.807, 2.05) is 48.5 Å². The van der Waals surface area contributed by atoms with Crippen molar-refractivity contribution in [1.82, 2.24) is 14.9 Å². The van der Waals surface area contributed by atoms with Crippen molar-refractivity contribution < 1.29 is 14.3 Å². The third-order valence-electron chi connectivity index (χ3n) is 5.75. The lowest BCUT2D eigenvalue weighted by Crippen LogP contribution is -2.29. The number of hydrogen-bond acceptors (Lipinski definition) is 4. The fourth-order valence-electron chi connectivity index (χ4n) is 3.94. The van der Waals surface area contributed by atoms with E-state index in [0.717, 1.165) is 54.8 Å². The lowest BCUT2D eigenvalue weighted by atomic mass is 10.1. The van der Waals surface area contributed by atoms with Crippen LogP contribution < -0.4 is 14.8 Å². The standard InChI is InChI=1S/C28H31N3O3/c1-33-23-17-15-22(16-18-23)20-31-26-13-8-7-12-25(26)30-27(31)14-6-3-9-19-29-28(32)21-34-24-10-4-2-5-11-24/h2,4-5,7-8,10-13,15-18H,3,6,9,14,19-21H2,1H3,(H,29,32). The summed E-state index contributed by atoms with van der Waals surface area (Å²) in [5.74, 6) is 2.57. The minimum atomic E-state index is -0.0925. The van der Waals surface area contributed by atoms with Gasteiger partial charge in [0, 0.05) is 19.5 Å². The smallest absolute Gasteiger partial charge is 0.257 e. The summed E-state index contributed by atoms with van der Waals surface area (Å²) in [6.07, 6.45) is 3.86. The predicted molar refractivity (Wildman–Crippen MR) is 134 cm³/mol. The molecule has 0 aliphatic heterocycles. The van der Waals surface area contributed by atoms with Crippen molar-refractivity contribution in [2.45, 2.75) is 32.2 Å². The third kappa shape index (κ3) is 6.38. The van der Waals surface area contributed by atoms with E-state index in [0.29, 0.717) is 12.3 Å². The largest absolute Gasteiger partial charge is 0.497 e. The molecule has 6 heteroatoms. The van der Waals surface area contributed by atoms with E-state index < -0.39 is 0 Å². The number of para-hydroxylation sites is 3.